The van der Waals surface area contributed by atoms with Crippen molar-refractivity contribution in [1.29, 1.82) is 0 Å². The fraction of sp³-hybridized carbons (Fsp3) is 0.562. The number of hydrogen-bond acceptors (Lipinski definition) is 1. The average molecular weight is 261 g/mol. The minimum Gasteiger partial charge on any atom is -0.353 e. The smallest absolute Gasteiger partial charge is 0.220 e. The summed E-state index contributed by atoms with van der Waals surface area (Å²) in [6.45, 7) is 0. The van der Waals surface area contributed by atoms with Crippen molar-refractivity contribution in [2.24, 2.45) is 11.8 Å². The molecule has 1 N–H and O–H groups in total. The van der Waals surface area contributed by atoms with Crippen LogP contribution >= 0.6 is 0 Å². The summed E-state index contributed by atoms with van der Waals surface area (Å²) in [5, 5.41) is 3.14. The molecule has 2 aliphatic carbocycles. The lowest BCUT2D eigenvalue weighted by Gasteiger charge is -2.22. The van der Waals surface area contributed by atoms with Gasteiger partial charge in [-0.05, 0) is 49.1 Å². The number of rotatable bonds is 4. The van der Waals surface area contributed by atoms with Gasteiger partial charge in [-0.25, -0.2) is 4.39 Å². The molecular weight excluding hydrogens is 241 g/mol. The van der Waals surface area contributed by atoms with Gasteiger partial charge in [-0.15, -0.1) is 0 Å². The number of carbonyl (C=O) groups excluding carboxylic acids is 1. The first-order chi connectivity index (χ1) is 9.22. The Labute approximate surface area is 113 Å². The topological polar surface area (TPSA) is 29.1 Å². The van der Waals surface area contributed by atoms with Crippen molar-refractivity contribution in [3.8, 4) is 0 Å². The summed E-state index contributed by atoms with van der Waals surface area (Å²) in [6, 6.07) is 7.07. The summed E-state index contributed by atoms with van der Waals surface area (Å²) in [4.78, 5) is 11.9. The Morgan fingerprint density at radius 2 is 2.11 bits per heavy atom. The predicted octanol–water partition coefficient (Wildman–Crippen LogP) is 3.06. The zero-order valence-corrected chi connectivity index (χ0v) is 11.1. The third-order valence-corrected chi connectivity index (χ3v) is 4.66. The number of nitrogens with one attached hydrogen (secondary N) is 1. The van der Waals surface area contributed by atoms with Gasteiger partial charge >= 0.3 is 0 Å². The second kappa shape index (κ2) is 5.32. The highest BCUT2D eigenvalue weighted by molar-refractivity contribution is 5.76. The number of amides is 1. The maximum atomic E-state index is 13.4. The fourth-order valence-corrected chi connectivity index (χ4v) is 3.65. The van der Waals surface area contributed by atoms with Crippen LogP contribution in [0.2, 0.25) is 0 Å². The quantitative estimate of drug-likeness (QED) is 0.886. The summed E-state index contributed by atoms with van der Waals surface area (Å²) in [7, 11) is 0. The lowest BCUT2D eigenvalue weighted by atomic mass is 9.95. The second-order valence-electron chi connectivity index (χ2n) is 5.94. The highest BCUT2D eigenvalue weighted by atomic mass is 19.1. The molecule has 2 nitrogen and oxygen atoms in total. The van der Waals surface area contributed by atoms with Crippen molar-refractivity contribution >= 4 is 5.91 Å². The van der Waals surface area contributed by atoms with Crippen LogP contribution in [0.15, 0.2) is 24.3 Å². The van der Waals surface area contributed by atoms with Gasteiger partial charge in [0, 0.05) is 12.5 Å². The maximum absolute atomic E-state index is 13.4. The van der Waals surface area contributed by atoms with Crippen LogP contribution in [0.25, 0.3) is 0 Å². The normalized spacial score (nSPS) is 28.6. The Kier molecular flexibility index (Phi) is 3.54. The summed E-state index contributed by atoms with van der Waals surface area (Å²) in [5.41, 5.74) is 0.630. The van der Waals surface area contributed by atoms with Gasteiger partial charge < -0.3 is 5.32 Å². The summed E-state index contributed by atoms with van der Waals surface area (Å²) in [5.74, 6) is 1.39. The summed E-state index contributed by atoms with van der Waals surface area (Å²) < 4.78 is 13.4. The van der Waals surface area contributed by atoms with Crippen LogP contribution in [0.4, 0.5) is 4.39 Å². The van der Waals surface area contributed by atoms with Crippen molar-refractivity contribution < 1.29 is 9.18 Å². The summed E-state index contributed by atoms with van der Waals surface area (Å²) >= 11 is 0. The Bertz CT molecular complexity index is 474. The van der Waals surface area contributed by atoms with Crippen LogP contribution in [-0.2, 0) is 11.2 Å². The third-order valence-electron chi connectivity index (χ3n) is 4.66. The van der Waals surface area contributed by atoms with E-state index in [4.69, 9.17) is 0 Å². The first kappa shape index (κ1) is 12.6. The number of fused-ring (bicyclic) bond motifs is 2. The monoisotopic (exact) mass is 261 g/mol. The molecule has 102 valence electrons. The van der Waals surface area contributed by atoms with E-state index in [9.17, 15) is 9.18 Å². The molecule has 0 saturated heterocycles. The Morgan fingerprint density at radius 3 is 2.79 bits per heavy atom. The molecule has 0 spiro atoms. The van der Waals surface area contributed by atoms with Gasteiger partial charge in [0.25, 0.3) is 0 Å². The van der Waals surface area contributed by atoms with Crippen LogP contribution in [0.1, 0.15) is 37.7 Å². The molecule has 2 aliphatic rings. The van der Waals surface area contributed by atoms with Gasteiger partial charge in [-0.1, -0.05) is 24.6 Å². The highest BCUT2D eigenvalue weighted by Gasteiger charge is 2.39. The number of hydrogen-bond donors (Lipinski definition) is 1. The minimum atomic E-state index is -0.213. The largest absolute Gasteiger partial charge is 0.353 e. The average Bonchev–Trinajstić information content (AvgIpc) is 3.00. The molecule has 0 radical (unpaired) electrons. The van der Waals surface area contributed by atoms with E-state index in [1.165, 1.54) is 25.3 Å². The Hall–Kier alpha value is -1.38. The van der Waals surface area contributed by atoms with Crippen molar-refractivity contribution in [3.63, 3.8) is 0 Å². The molecule has 0 aliphatic heterocycles. The molecule has 3 atom stereocenters. The van der Waals surface area contributed by atoms with E-state index in [0.29, 0.717) is 30.4 Å². The van der Waals surface area contributed by atoms with E-state index in [-0.39, 0.29) is 11.7 Å². The zero-order valence-electron chi connectivity index (χ0n) is 11.1. The predicted molar refractivity (Wildman–Crippen MR) is 72.1 cm³/mol. The second-order valence-corrected chi connectivity index (χ2v) is 5.94. The molecule has 3 heteroatoms. The van der Waals surface area contributed by atoms with Gasteiger partial charge in [0.1, 0.15) is 5.82 Å². The molecule has 19 heavy (non-hydrogen) atoms. The Morgan fingerprint density at radius 1 is 1.26 bits per heavy atom. The number of carbonyl (C=O) groups is 1. The first-order valence-electron chi connectivity index (χ1n) is 7.25. The number of halogens is 1. The molecule has 3 rings (SSSR count). The molecule has 0 aromatic heterocycles. The molecule has 2 fully saturated rings. The molecular formula is C16H20FNO. The van der Waals surface area contributed by atoms with E-state index in [1.54, 1.807) is 12.1 Å². The lowest BCUT2D eigenvalue weighted by Crippen LogP contribution is -2.38. The van der Waals surface area contributed by atoms with Gasteiger partial charge in [0.05, 0.1) is 0 Å². The van der Waals surface area contributed by atoms with E-state index in [2.05, 4.69) is 5.32 Å². The van der Waals surface area contributed by atoms with E-state index in [0.717, 1.165) is 12.3 Å². The minimum absolute atomic E-state index is 0.0702. The highest BCUT2D eigenvalue weighted by Crippen LogP contribution is 2.44. The number of benzene rings is 1. The van der Waals surface area contributed by atoms with Crippen LogP contribution in [-0.4, -0.2) is 11.9 Å². The van der Waals surface area contributed by atoms with Crippen LogP contribution in [0, 0.1) is 17.7 Å². The zero-order chi connectivity index (χ0) is 13.2. The van der Waals surface area contributed by atoms with Crippen molar-refractivity contribution in [3.05, 3.63) is 35.6 Å². The van der Waals surface area contributed by atoms with E-state index in [1.807, 2.05) is 6.07 Å². The van der Waals surface area contributed by atoms with Crippen molar-refractivity contribution in [2.75, 3.05) is 0 Å². The molecule has 1 aromatic carbocycles. The fourth-order valence-electron chi connectivity index (χ4n) is 3.65. The van der Waals surface area contributed by atoms with Crippen LogP contribution in [0.5, 0.6) is 0 Å². The Balaban J connectivity index is 1.48. The van der Waals surface area contributed by atoms with Gasteiger partial charge in [-0.2, -0.15) is 0 Å². The van der Waals surface area contributed by atoms with Crippen LogP contribution < -0.4 is 5.32 Å². The molecule has 0 heterocycles. The van der Waals surface area contributed by atoms with Crippen LogP contribution in [0.3, 0.4) is 0 Å². The molecule has 1 amide bonds. The SMILES string of the molecule is O=C(CCc1ccccc1F)N[C@H]1C[C@H]2CC[C@H]1C2. The van der Waals surface area contributed by atoms with Crippen molar-refractivity contribution in [1.82, 2.24) is 5.32 Å². The lowest BCUT2D eigenvalue weighted by molar-refractivity contribution is -0.122. The van der Waals surface area contributed by atoms with Crippen molar-refractivity contribution in [2.45, 2.75) is 44.6 Å². The van der Waals surface area contributed by atoms with Gasteiger partial charge in [0.2, 0.25) is 5.91 Å². The van der Waals surface area contributed by atoms with E-state index < -0.39 is 0 Å². The van der Waals surface area contributed by atoms with E-state index >= 15 is 0 Å². The molecule has 1 aromatic rings. The number of aryl methyl sites for hydroxylation is 1. The van der Waals surface area contributed by atoms with Gasteiger partial charge in [-0.3, -0.25) is 4.79 Å². The standard InChI is InChI=1S/C16H20FNO/c17-14-4-2-1-3-12(14)7-8-16(19)18-15-10-11-5-6-13(15)9-11/h1-4,11,13,15H,5-10H2,(H,18,19)/t11-,13-,15-/m0/s1. The third kappa shape index (κ3) is 2.80. The molecule has 0 unspecified atom stereocenters. The molecule has 2 saturated carbocycles. The maximum Gasteiger partial charge on any atom is 0.220 e. The summed E-state index contributed by atoms with van der Waals surface area (Å²) in [6.07, 6.45) is 5.91. The first-order valence-corrected chi connectivity index (χ1v) is 7.25. The van der Waals surface area contributed by atoms with Gasteiger partial charge in [0.15, 0.2) is 0 Å². The molecule has 2 bridgehead atoms.